The molecule has 1 saturated heterocycles. The van der Waals surface area contributed by atoms with Gasteiger partial charge >= 0.3 is 6.03 Å². The van der Waals surface area contributed by atoms with Crippen LogP contribution in [0.15, 0.2) is 60.7 Å². The second-order valence-corrected chi connectivity index (χ2v) is 6.04. The van der Waals surface area contributed by atoms with E-state index >= 15 is 0 Å². The van der Waals surface area contributed by atoms with Crippen LogP contribution in [0.3, 0.4) is 0 Å². The molecule has 126 valence electrons. The van der Waals surface area contributed by atoms with Crippen molar-refractivity contribution in [3.63, 3.8) is 0 Å². The van der Waals surface area contributed by atoms with Crippen LogP contribution in [0.4, 0.5) is 16.3 Å². The number of hydrogen-bond acceptors (Lipinski definition) is 3. The van der Waals surface area contributed by atoms with Gasteiger partial charge in [-0.15, -0.1) is 0 Å². The topological polar surface area (TPSA) is 76.2 Å². The summed E-state index contributed by atoms with van der Waals surface area (Å²) in [7, 11) is 0. The fourth-order valence-electron chi connectivity index (χ4n) is 3.35. The molecular weight excluding hydrogens is 314 g/mol. The van der Waals surface area contributed by atoms with Crippen LogP contribution < -0.4 is 16.0 Å². The number of aryl methyl sites for hydroxylation is 1. The van der Waals surface area contributed by atoms with Crippen molar-refractivity contribution in [2.24, 2.45) is 0 Å². The van der Waals surface area contributed by atoms with Gasteiger partial charge in [0.25, 0.3) is 0 Å². The first-order chi connectivity index (χ1) is 12.2. The molecule has 0 aliphatic carbocycles. The van der Waals surface area contributed by atoms with Crippen LogP contribution in [0, 0.1) is 6.92 Å². The van der Waals surface area contributed by atoms with Gasteiger partial charge in [-0.25, -0.2) is 9.48 Å². The summed E-state index contributed by atoms with van der Waals surface area (Å²) in [4.78, 5) is 14.2. The van der Waals surface area contributed by atoms with E-state index in [-0.39, 0.29) is 12.1 Å². The standard InChI is InChI=1S/C19H19N5O/c1-13-17(18(20)24(22-13)15-10-6-3-7-11-15)16-12-21-19(25)23(16)14-8-4-2-5-9-14/h2-11,16H,12,20H2,1H3,(H,21,25). The van der Waals surface area contributed by atoms with Gasteiger partial charge in [0, 0.05) is 17.8 Å². The fourth-order valence-corrected chi connectivity index (χ4v) is 3.35. The van der Waals surface area contributed by atoms with Crippen molar-refractivity contribution < 1.29 is 4.79 Å². The lowest BCUT2D eigenvalue weighted by atomic mass is 10.1. The van der Waals surface area contributed by atoms with Crippen molar-refractivity contribution in [1.82, 2.24) is 15.1 Å². The zero-order chi connectivity index (χ0) is 17.4. The third-order valence-corrected chi connectivity index (χ3v) is 4.49. The first kappa shape index (κ1) is 15.3. The number of hydrogen-bond donors (Lipinski definition) is 2. The van der Waals surface area contributed by atoms with Crippen LogP contribution in [0.2, 0.25) is 0 Å². The van der Waals surface area contributed by atoms with Crippen LogP contribution in [0.25, 0.3) is 5.69 Å². The number of carbonyl (C=O) groups is 1. The number of anilines is 2. The van der Waals surface area contributed by atoms with E-state index < -0.39 is 0 Å². The lowest BCUT2D eigenvalue weighted by Gasteiger charge is -2.23. The Morgan fingerprint density at radius 3 is 2.28 bits per heavy atom. The quantitative estimate of drug-likeness (QED) is 0.773. The molecule has 1 aliphatic rings. The summed E-state index contributed by atoms with van der Waals surface area (Å²) in [6, 6.07) is 19.1. The van der Waals surface area contributed by atoms with E-state index in [4.69, 9.17) is 5.73 Å². The maximum Gasteiger partial charge on any atom is 0.322 e. The highest BCUT2D eigenvalue weighted by Gasteiger charge is 2.36. The van der Waals surface area contributed by atoms with Crippen LogP contribution in [-0.2, 0) is 0 Å². The van der Waals surface area contributed by atoms with Gasteiger partial charge in [0.2, 0.25) is 0 Å². The van der Waals surface area contributed by atoms with Gasteiger partial charge < -0.3 is 11.1 Å². The molecule has 6 heteroatoms. The van der Waals surface area contributed by atoms with Crippen molar-refractivity contribution in [3.8, 4) is 5.69 Å². The van der Waals surface area contributed by atoms with Gasteiger partial charge in [0.15, 0.2) is 0 Å². The van der Waals surface area contributed by atoms with Crippen molar-refractivity contribution >= 4 is 17.5 Å². The van der Waals surface area contributed by atoms with Gasteiger partial charge in [-0.05, 0) is 31.2 Å². The molecule has 4 rings (SSSR count). The normalized spacial score (nSPS) is 16.9. The minimum Gasteiger partial charge on any atom is -0.383 e. The average molecular weight is 333 g/mol. The number of para-hydroxylation sites is 2. The molecule has 1 fully saturated rings. The Kier molecular flexibility index (Phi) is 3.65. The van der Waals surface area contributed by atoms with Crippen molar-refractivity contribution in [2.75, 3.05) is 17.2 Å². The maximum absolute atomic E-state index is 12.4. The fraction of sp³-hybridized carbons (Fsp3) is 0.158. The van der Waals surface area contributed by atoms with Crippen LogP contribution in [0.1, 0.15) is 17.3 Å². The third-order valence-electron chi connectivity index (χ3n) is 4.49. The molecule has 3 aromatic rings. The molecule has 3 N–H and O–H groups in total. The summed E-state index contributed by atoms with van der Waals surface area (Å²) >= 11 is 0. The van der Waals surface area contributed by atoms with Gasteiger partial charge in [-0.3, -0.25) is 4.90 Å². The SMILES string of the molecule is Cc1nn(-c2ccccc2)c(N)c1C1CNC(=O)N1c1ccccc1. The van der Waals surface area contributed by atoms with Crippen LogP contribution >= 0.6 is 0 Å². The largest absolute Gasteiger partial charge is 0.383 e. The summed E-state index contributed by atoms with van der Waals surface area (Å²) in [5.74, 6) is 0.561. The summed E-state index contributed by atoms with van der Waals surface area (Å²) in [5, 5.41) is 7.52. The van der Waals surface area contributed by atoms with E-state index in [1.807, 2.05) is 67.6 Å². The molecule has 2 amide bonds. The Labute approximate surface area is 145 Å². The molecule has 0 bridgehead atoms. The maximum atomic E-state index is 12.4. The lowest BCUT2D eigenvalue weighted by molar-refractivity contribution is 0.251. The Hall–Kier alpha value is -3.28. The molecule has 0 radical (unpaired) electrons. The van der Waals surface area contributed by atoms with E-state index in [0.717, 1.165) is 22.6 Å². The van der Waals surface area contributed by atoms with Crippen LogP contribution in [0.5, 0.6) is 0 Å². The minimum absolute atomic E-state index is 0.123. The van der Waals surface area contributed by atoms with E-state index in [2.05, 4.69) is 10.4 Å². The summed E-state index contributed by atoms with van der Waals surface area (Å²) in [5.41, 5.74) is 9.88. The highest BCUT2D eigenvalue weighted by atomic mass is 16.2. The zero-order valence-electron chi connectivity index (χ0n) is 13.9. The monoisotopic (exact) mass is 333 g/mol. The van der Waals surface area contributed by atoms with Gasteiger partial charge in [-0.2, -0.15) is 5.10 Å². The highest BCUT2D eigenvalue weighted by Crippen LogP contribution is 2.35. The Morgan fingerprint density at radius 2 is 1.64 bits per heavy atom. The summed E-state index contributed by atoms with van der Waals surface area (Å²) in [6.07, 6.45) is 0. The van der Waals surface area contributed by atoms with Crippen molar-refractivity contribution in [2.45, 2.75) is 13.0 Å². The minimum atomic E-state index is -0.188. The number of carbonyl (C=O) groups excluding carboxylic acids is 1. The lowest BCUT2D eigenvalue weighted by Crippen LogP contribution is -2.30. The van der Waals surface area contributed by atoms with E-state index in [1.165, 1.54) is 0 Å². The smallest absolute Gasteiger partial charge is 0.322 e. The molecule has 1 aliphatic heterocycles. The number of nitrogen functional groups attached to an aromatic ring is 1. The second-order valence-electron chi connectivity index (χ2n) is 6.04. The van der Waals surface area contributed by atoms with E-state index in [0.29, 0.717) is 12.4 Å². The number of nitrogens with zero attached hydrogens (tertiary/aromatic N) is 3. The number of aromatic nitrogens is 2. The number of rotatable bonds is 3. The predicted octanol–water partition coefficient (Wildman–Crippen LogP) is 3.03. The Balaban J connectivity index is 1.79. The molecular formula is C19H19N5O. The third kappa shape index (κ3) is 2.52. The number of nitrogens with one attached hydrogen (secondary N) is 1. The first-order valence-corrected chi connectivity index (χ1v) is 8.19. The predicted molar refractivity (Wildman–Crippen MR) is 97.8 cm³/mol. The first-order valence-electron chi connectivity index (χ1n) is 8.19. The Morgan fingerprint density at radius 1 is 1.04 bits per heavy atom. The second kappa shape index (κ2) is 5.98. The van der Waals surface area contributed by atoms with E-state index in [9.17, 15) is 4.79 Å². The molecule has 2 aromatic carbocycles. The molecule has 25 heavy (non-hydrogen) atoms. The Bertz CT molecular complexity index is 904. The molecule has 1 atom stereocenters. The molecule has 0 spiro atoms. The van der Waals surface area contributed by atoms with Gasteiger partial charge in [0.1, 0.15) is 5.82 Å². The van der Waals surface area contributed by atoms with Gasteiger partial charge in [-0.1, -0.05) is 36.4 Å². The molecule has 6 nitrogen and oxygen atoms in total. The van der Waals surface area contributed by atoms with Crippen LogP contribution in [-0.4, -0.2) is 22.4 Å². The number of urea groups is 1. The number of nitrogens with two attached hydrogens (primary N) is 1. The van der Waals surface area contributed by atoms with E-state index in [1.54, 1.807) is 9.58 Å². The number of amides is 2. The number of benzene rings is 2. The highest BCUT2D eigenvalue weighted by molar-refractivity contribution is 5.95. The van der Waals surface area contributed by atoms with Gasteiger partial charge in [0.05, 0.1) is 17.4 Å². The molecule has 1 aromatic heterocycles. The average Bonchev–Trinajstić information content (AvgIpc) is 3.15. The summed E-state index contributed by atoms with van der Waals surface area (Å²) < 4.78 is 1.73. The van der Waals surface area contributed by atoms with Crippen molar-refractivity contribution in [1.29, 1.82) is 0 Å². The molecule has 0 saturated carbocycles. The zero-order valence-corrected chi connectivity index (χ0v) is 13.9. The van der Waals surface area contributed by atoms with Crippen molar-refractivity contribution in [3.05, 3.63) is 71.9 Å². The summed E-state index contributed by atoms with van der Waals surface area (Å²) in [6.45, 7) is 2.43. The molecule has 2 heterocycles. The molecule has 1 unspecified atom stereocenters.